The Hall–Kier alpha value is -1.24. The molecule has 4 nitrogen and oxygen atoms in total. The molecule has 1 unspecified atom stereocenters. The van der Waals surface area contributed by atoms with Gasteiger partial charge in [-0.3, -0.25) is 0 Å². The normalized spacial score (nSPS) is 16.2. The molecule has 25 heavy (non-hydrogen) atoms. The minimum absolute atomic E-state index is 0. The lowest BCUT2D eigenvalue weighted by Crippen LogP contribution is -2.20. The van der Waals surface area contributed by atoms with Gasteiger partial charge in [0.2, 0.25) is 0 Å². The van der Waals surface area contributed by atoms with E-state index in [0.29, 0.717) is 0 Å². The summed E-state index contributed by atoms with van der Waals surface area (Å²) in [5, 5.41) is 3.54. The summed E-state index contributed by atoms with van der Waals surface area (Å²) < 4.78 is 17.4. The van der Waals surface area contributed by atoms with Gasteiger partial charge in [0.05, 0.1) is 25.8 Å². The van der Waals surface area contributed by atoms with Crippen molar-refractivity contribution in [1.82, 2.24) is 5.32 Å². The fourth-order valence-electron chi connectivity index (χ4n) is 3.28. The SMILES string of the molecule is Br.COc1ccc(C2CNCCc3c2cc(OC)c(OC)c3Br)cc1. The summed E-state index contributed by atoms with van der Waals surface area (Å²) >= 11 is 3.72. The first kappa shape index (κ1) is 20.1. The maximum atomic E-state index is 5.55. The first-order valence-electron chi connectivity index (χ1n) is 7.97. The zero-order valence-corrected chi connectivity index (χ0v) is 17.9. The molecule has 2 aromatic carbocycles. The highest BCUT2D eigenvalue weighted by molar-refractivity contribution is 9.10. The standard InChI is InChI=1S/C19H22BrNO3.BrH/c1-22-13-6-4-12(5-7-13)16-11-21-9-8-14-15(16)10-17(23-2)19(24-3)18(14)20;/h4-7,10,16,21H,8-9,11H2,1-3H3;1H. The van der Waals surface area contributed by atoms with E-state index >= 15 is 0 Å². The summed E-state index contributed by atoms with van der Waals surface area (Å²) in [6, 6.07) is 10.4. The average Bonchev–Trinajstić information content (AvgIpc) is 2.84. The van der Waals surface area contributed by atoms with Crippen LogP contribution in [0.1, 0.15) is 22.6 Å². The molecule has 0 saturated carbocycles. The van der Waals surface area contributed by atoms with Crippen molar-refractivity contribution in [2.45, 2.75) is 12.3 Å². The Morgan fingerprint density at radius 2 is 1.76 bits per heavy atom. The van der Waals surface area contributed by atoms with Crippen molar-refractivity contribution >= 4 is 32.9 Å². The molecule has 1 atom stereocenters. The summed E-state index contributed by atoms with van der Waals surface area (Å²) in [5.74, 6) is 2.63. The maximum absolute atomic E-state index is 5.55. The summed E-state index contributed by atoms with van der Waals surface area (Å²) in [6.07, 6.45) is 0.947. The first-order chi connectivity index (χ1) is 11.7. The summed E-state index contributed by atoms with van der Waals surface area (Å²) in [4.78, 5) is 0. The zero-order valence-electron chi connectivity index (χ0n) is 14.6. The molecule has 2 aromatic rings. The van der Waals surface area contributed by atoms with Crippen LogP contribution in [0.2, 0.25) is 0 Å². The highest BCUT2D eigenvalue weighted by Gasteiger charge is 2.26. The van der Waals surface area contributed by atoms with Crippen LogP contribution in [-0.2, 0) is 6.42 Å². The first-order valence-corrected chi connectivity index (χ1v) is 8.76. The van der Waals surface area contributed by atoms with Gasteiger partial charge in [-0.1, -0.05) is 12.1 Å². The second-order valence-corrected chi connectivity index (χ2v) is 6.57. The molecular weight excluding hydrogens is 450 g/mol. The third-order valence-corrected chi connectivity index (χ3v) is 5.38. The van der Waals surface area contributed by atoms with E-state index in [1.165, 1.54) is 16.7 Å². The van der Waals surface area contributed by atoms with Gasteiger partial charge in [-0.25, -0.2) is 0 Å². The number of hydrogen-bond donors (Lipinski definition) is 1. The van der Waals surface area contributed by atoms with Gasteiger partial charge in [0, 0.05) is 12.5 Å². The van der Waals surface area contributed by atoms with Crippen LogP contribution in [0, 0.1) is 0 Å². The van der Waals surface area contributed by atoms with Crippen molar-refractivity contribution in [1.29, 1.82) is 0 Å². The lowest BCUT2D eigenvalue weighted by Gasteiger charge is -2.22. The van der Waals surface area contributed by atoms with E-state index in [4.69, 9.17) is 14.2 Å². The molecule has 1 aliphatic rings. The molecule has 1 N–H and O–H groups in total. The number of rotatable bonds is 4. The molecule has 0 aromatic heterocycles. The Bertz CT molecular complexity index is 720. The topological polar surface area (TPSA) is 39.7 Å². The zero-order chi connectivity index (χ0) is 17.1. The van der Waals surface area contributed by atoms with E-state index < -0.39 is 0 Å². The fourth-order valence-corrected chi connectivity index (χ4v) is 4.06. The van der Waals surface area contributed by atoms with E-state index in [1.54, 1.807) is 21.3 Å². The largest absolute Gasteiger partial charge is 0.497 e. The highest BCUT2D eigenvalue weighted by atomic mass is 79.9. The highest BCUT2D eigenvalue weighted by Crippen LogP contribution is 2.44. The van der Waals surface area contributed by atoms with Crippen molar-refractivity contribution in [3.05, 3.63) is 51.5 Å². The Morgan fingerprint density at radius 3 is 2.36 bits per heavy atom. The number of halogens is 2. The van der Waals surface area contributed by atoms with Crippen LogP contribution in [-0.4, -0.2) is 34.4 Å². The molecule has 0 bridgehead atoms. The van der Waals surface area contributed by atoms with Gasteiger partial charge in [-0.2, -0.15) is 0 Å². The molecule has 1 heterocycles. The van der Waals surface area contributed by atoms with Crippen LogP contribution in [0.4, 0.5) is 0 Å². The molecule has 0 aliphatic carbocycles. The average molecular weight is 473 g/mol. The molecule has 1 aliphatic heterocycles. The van der Waals surface area contributed by atoms with Crippen LogP contribution in [0.3, 0.4) is 0 Å². The Balaban J connectivity index is 0.00000225. The van der Waals surface area contributed by atoms with Gasteiger partial charge in [0.1, 0.15) is 5.75 Å². The lowest BCUT2D eigenvalue weighted by molar-refractivity contribution is 0.352. The van der Waals surface area contributed by atoms with Gasteiger partial charge in [-0.05, 0) is 63.8 Å². The Kier molecular flexibility index (Phi) is 7.16. The van der Waals surface area contributed by atoms with Gasteiger partial charge in [0.25, 0.3) is 0 Å². The minimum Gasteiger partial charge on any atom is -0.497 e. The number of benzene rings is 2. The lowest BCUT2D eigenvalue weighted by atomic mass is 9.87. The van der Waals surface area contributed by atoms with Crippen LogP contribution in [0.5, 0.6) is 17.2 Å². The smallest absolute Gasteiger partial charge is 0.175 e. The fraction of sp³-hybridized carbons (Fsp3) is 0.368. The van der Waals surface area contributed by atoms with Gasteiger partial charge in [-0.15, -0.1) is 17.0 Å². The third-order valence-electron chi connectivity index (χ3n) is 4.54. The maximum Gasteiger partial charge on any atom is 0.175 e. The van der Waals surface area contributed by atoms with Crippen LogP contribution >= 0.6 is 32.9 Å². The van der Waals surface area contributed by atoms with Crippen molar-refractivity contribution in [2.75, 3.05) is 34.4 Å². The molecule has 0 fully saturated rings. The monoisotopic (exact) mass is 471 g/mol. The predicted octanol–water partition coefficient (Wildman–Crippen LogP) is 4.33. The van der Waals surface area contributed by atoms with E-state index in [-0.39, 0.29) is 22.9 Å². The number of fused-ring (bicyclic) bond motifs is 1. The number of ether oxygens (including phenoxy) is 3. The van der Waals surface area contributed by atoms with Crippen molar-refractivity contribution in [3.63, 3.8) is 0 Å². The van der Waals surface area contributed by atoms with Crippen molar-refractivity contribution in [3.8, 4) is 17.2 Å². The molecule has 136 valence electrons. The molecular formula is C19H23Br2NO3. The van der Waals surface area contributed by atoms with E-state index in [2.05, 4.69) is 39.4 Å². The van der Waals surface area contributed by atoms with E-state index in [9.17, 15) is 0 Å². The minimum atomic E-state index is 0. The molecule has 0 amide bonds. The second-order valence-electron chi connectivity index (χ2n) is 5.77. The molecule has 0 radical (unpaired) electrons. The second kappa shape index (κ2) is 8.92. The van der Waals surface area contributed by atoms with Gasteiger partial charge in [0.15, 0.2) is 11.5 Å². The van der Waals surface area contributed by atoms with Crippen LogP contribution in [0.25, 0.3) is 0 Å². The van der Waals surface area contributed by atoms with Crippen molar-refractivity contribution < 1.29 is 14.2 Å². The predicted molar refractivity (Wildman–Crippen MR) is 109 cm³/mol. The van der Waals surface area contributed by atoms with Crippen molar-refractivity contribution in [2.24, 2.45) is 0 Å². The van der Waals surface area contributed by atoms with E-state index in [0.717, 1.165) is 41.2 Å². The third kappa shape index (κ3) is 3.96. The van der Waals surface area contributed by atoms with E-state index in [1.807, 2.05) is 12.1 Å². The Morgan fingerprint density at radius 1 is 1.04 bits per heavy atom. The molecule has 6 heteroatoms. The van der Waals surface area contributed by atoms with Gasteiger partial charge < -0.3 is 19.5 Å². The Labute approximate surface area is 167 Å². The van der Waals surface area contributed by atoms with Crippen LogP contribution in [0.15, 0.2) is 34.8 Å². The number of hydrogen-bond acceptors (Lipinski definition) is 4. The summed E-state index contributed by atoms with van der Waals surface area (Å²) in [6.45, 7) is 1.83. The molecule has 0 spiro atoms. The molecule has 0 saturated heterocycles. The number of nitrogens with one attached hydrogen (secondary N) is 1. The summed E-state index contributed by atoms with van der Waals surface area (Å²) in [7, 11) is 5.03. The molecule has 3 rings (SSSR count). The number of methoxy groups -OCH3 is 3. The van der Waals surface area contributed by atoms with Gasteiger partial charge >= 0.3 is 0 Å². The van der Waals surface area contributed by atoms with Crippen LogP contribution < -0.4 is 19.5 Å². The summed E-state index contributed by atoms with van der Waals surface area (Å²) in [5.41, 5.74) is 3.80. The quantitative estimate of drug-likeness (QED) is 0.718.